The Morgan fingerprint density at radius 3 is 2.92 bits per heavy atom. The number of nitrogens with zero attached hydrogens (tertiary/aromatic N) is 5. The monoisotopic (exact) mass is 328 g/mol. The highest BCUT2D eigenvalue weighted by Crippen LogP contribution is 2.39. The van der Waals surface area contributed by atoms with E-state index in [1.807, 2.05) is 12.3 Å². The lowest BCUT2D eigenvalue weighted by Gasteiger charge is -2.27. The van der Waals surface area contributed by atoms with Gasteiger partial charge in [0.15, 0.2) is 5.82 Å². The van der Waals surface area contributed by atoms with Crippen molar-refractivity contribution in [3.63, 3.8) is 0 Å². The molecule has 1 saturated carbocycles. The van der Waals surface area contributed by atoms with Crippen LogP contribution in [0.4, 0.5) is 5.82 Å². The molecule has 0 radical (unpaired) electrons. The van der Waals surface area contributed by atoms with Gasteiger partial charge in [-0.15, -0.1) is 0 Å². The Bertz CT molecular complexity index is 771. The largest absolute Gasteiger partial charge is 0.354 e. The van der Waals surface area contributed by atoms with Gasteiger partial charge in [-0.1, -0.05) is 5.16 Å². The molecule has 2 aromatic heterocycles. The number of carbonyl (C=O) groups excluding carboxylic acids is 1. The van der Waals surface area contributed by atoms with Crippen LogP contribution >= 0.6 is 0 Å². The molecule has 2 fully saturated rings. The molecule has 8 heteroatoms. The molecule has 1 saturated heterocycles. The van der Waals surface area contributed by atoms with Crippen LogP contribution in [0.5, 0.6) is 0 Å². The van der Waals surface area contributed by atoms with Gasteiger partial charge in [0, 0.05) is 39.1 Å². The lowest BCUT2D eigenvalue weighted by atomic mass is 9.97. The Labute approximate surface area is 139 Å². The summed E-state index contributed by atoms with van der Waals surface area (Å²) in [7, 11) is 0. The van der Waals surface area contributed by atoms with E-state index in [1.54, 1.807) is 6.92 Å². The number of rotatable bonds is 4. The maximum absolute atomic E-state index is 11.7. The van der Waals surface area contributed by atoms with Crippen LogP contribution in [0.25, 0.3) is 0 Å². The van der Waals surface area contributed by atoms with Crippen molar-refractivity contribution in [3.05, 3.63) is 29.8 Å². The Hall–Kier alpha value is -2.51. The fourth-order valence-electron chi connectivity index (χ4n) is 3.25. The molecule has 4 rings (SSSR count). The molecule has 2 aromatic rings. The molecule has 8 nitrogen and oxygen atoms in total. The average molecular weight is 328 g/mol. The summed E-state index contributed by atoms with van der Waals surface area (Å²) in [5.41, 5.74) is -0.645. The van der Waals surface area contributed by atoms with Crippen molar-refractivity contribution in [1.82, 2.24) is 25.4 Å². The topological polar surface area (TPSA) is 97.0 Å². The summed E-state index contributed by atoms with van der Waals surface area (Å²) in [6, 6.07) is 1.91. The van der Waals surface area contributed by atoms with E-state index in [2.05, 4.69) is 25.3 Å². The molecular formula is C16H20N6O2. The number of nitrogens with one attached hydrogen (secondary N) is 1. The molecule has 1 atom stereocenters. The Balaban J connectivity index is 1.62. The first-order valence-corrected chi connectivity index (χ1v) is 8.23. The minimum Gasteiger partial charge on any atom is -0.354 e. The molecule has 1 N–H and O–H groups in total. The van der Waals surface area contributed by atoms with Gasteiger partial charge in [0.1, 0.15) is 17.2 Å². The molecule has 1 amide bonds. The van der Waals surface area contributed by atoms with Gasteiger partial charge in [-0.05, 0) is 25.3 Å². The van der Waals surface area contributed by atoms with Gasteiger partial charge >= 0.3 is 0 Å². The molecule has 24 heavy (non-hydrogen) atoms. The van der Waals surface area contributed by atoms with Crippen LogP contribution in [0.15, 0.2) is 16.8 Å². The first-order chi connectivity index (χ1) is 11.6. The fourth-order valence-corrected chi connectivity index (χ4v) is 3.25. The molecule has 1 aliphatic heterocycles. The van der Waals surface area contributed by atoms with Crippen LogP contribution in [0.3, 0.4) is 0 Å². The number of amides is 1. The van der Waals surface area contributed by atoms with Gasteiger partial charge in [-0.25, -0.2) is 9.97 Å². The zero-order chi connectivity index (χ0) is 16.7. The molecule has 0 bridgehead atoms. The van der Waals surface area contributed by atoms with Crippen LogP contribution in [0.2, 0.25) is 0 Å². The smallest absolute Gasteiger partial charge is 0.223 e. The van der Waals surface area contributed by atoms with E-state index < -0.39 is 5.54 Å². The van der Waals surface area contributed by atoms with Gasteiger partial charge in [0.2, 0.25) is 11.8 Å². The standard InChI is InChI=1S/C16H20N6O2/c1-10(23)20-16(15-18-11(2)24-21-15)6-8-22(9-16)13-5-7-17-14(19-13)12-3-4-12/h5,7,12H,3-4,6,8-9H2,1-2H3,(H,20,23). The highest BCUT2D eigenvalue weighted by molar-refractivity contribution is 5.74. The van der Waals surface area contributed by atoms with Crippen molar-refractivity contribution < 1.29 is 9.32 Å². The van der Waals surface area contributed by atoms with E-state index >= 15 is 0 Å². The lowest BCUT2D eigenvalue weighted by molar-refractivity contribution is -0.120. The number of anilines is 1. The summed E-state index contributed by atoms with van der Waals surface area (Å²) in [5, 5.41) is 7.07. The molecule has 1 unspecified atom stereocenters. The number of carbonyl (C=O) groups is 1. The van der Waals surface area contributed by atoms with E-state index in [9.17, 15) is 4.79 Å². The normalized spacial score (nSPS) is 23.5. The number of hydrogen-bond acceptors (Lipinski definition) is 7. The van der Waals surface area contributed by atoms with Gasteiger partial charge in [-0.3, -0.25) is 4.79 Å². The highest BCUT2D eigenvalue weighted by atomic mass is 16.5. The number of hydrogen-bond donors (Lipinski definition) is 1. The second-order valence-electron chi connectivity index (χ2n) is 6.62. The average Bonchev–Trinajstić information content (AvgIpc) is 3.18. The Morgan fingerprint density at radius 2 is 2.25 bits per heavy atom. The first kappa shape index (κ1) is 15.0. The first-order valence-electron chi connectivity index (χ1n) is 8.23. The van der Waals surface area contributed by atoms with Crippen LogP contribution in [-0.4, -0.2) is 39.1 Å². The zero-order valence-electron chi connectivity index (χ0n) is 13.8. The Morgan fingerprint density at radius 1 is 1.42 bits per heavy atom. The quantitative estimate of drug-likeness (QED) is 0.903. The maximum Gasteiger partial charge on any atom is 0.223 e. The van der Waals surface area contributed by atoms with Gasteiger partial charge < -0.3 is 14.7 Å². The SMILES string of the molecule is CC(=O)NC1(c2noc(C)n2)CCN(c2ccnc(C3CC3)n2)C1. The fraction of sp³-hybridized carbons (Fsp3) is 0.562. The Kier molecular flexibility index (Phi) is 3.47. The van der Waals surface area contributed by atoms with E-state index in [0.29, 0.717) is 30.6 Å². The highest BCUT2D eigenvalue weighted by Gasteiger charge is 2.45. The van der Waals surface area contributed by atoms with E-state index in [0.717, 1.165) is 18.2 Å². The van der Waals surface area contributed by atoms with Crippen LogP contribution in [0, 0.1) is 6.92 Å². The minimum atomic E-state index is -0.645. The van der Waals surface area contributed by atoms with Crippen molar-refractivity contribution in [2.24, 2.45) is 0 Å². The van der Waals surface area contributed by atoms with Crippen LogP contribution < -0.4 is 10.2 Å². The third kappa shape index (κ3) is 2.72. The molecule has 0 spiro atoms. The van der Waals surface area contributed by atoms with Crippen molar-refractivity contribution in [1.29, 1.82) is 0 Å². The predicted molar refractivity (Wildman–Crippen MR) is 85.4 cm³/mol. The van der Waals surface area contributed by atoms with Crippen molar-refractivity contribution >= 4 is 11.7 Å². The summed E-state index contributed by atoms with van der Waals surface area (Å²) in [4.78, 5) is 27.3. The van der Waals surface area contributed by atoms with Gasteiger partial charge in [0.25, 0.3) is 0 Å². The summed E-state index contributed by atoms with van der Waals surface area (Å²) < 4.78 is 5.13. The summed E-state index contributed by atoms with van der Waals surface area (Å²) in [6.45, 7) is 4.58. The van der Waals surface area contributed by atoms with E-state index in [1.165, 1.54) is 19.8 Å². The second-order valence-corrected chi connectivity index (χ2v) is 6.62. The van der Waals surface area contributed by atoms with Crippen LogP contribution in [-0.2, 0) is 10.3 Å². The minimum absolute atomic E-state index is 0.110. The predicted octanol–water partition coefficient (Wildman–Crippen LogP) is 1.29. The third-order valence-electron chi connectivity index (χ3n) is 4.57. The molecule has 126 valence electrons. The zero-order valence-corrected chi connectivity index (χ0v) is 13.8. The molecule has 0 aromatic carbocycles. The number of aromatic nitrogens is 4. The third-order valence-corrected chi connectivity index (χ3v) is 4.57. The lowest BCUT2D eigenvalue weighted by Crippen LogP contribution is -2.48. The second kappa shape index (κ2) is 5.54. The van der Waals surface area contributed by atoms with Crippen molar-refractivity contribution in [3.8, 4) is 0 Å². The van der Waals surface area contributed by atoms with Crippen molar-refractivity contribution in [2.75, 3.05) is 18.0 Å². The molecule has 2 aliphatic rings. The van der Waals surface area contributed by atoms with Gasteiger partial charge in [0.05, 0.1) is 0 Å². The van der Waals surface area contributed by atoms with E-state index in [-0.39, 0.29) is 5.91 Å². The van der Waals surface area contributed by atoms with Crippen LogP contribution in [0.1, 0.15) is 49.6 Å². The number of aryl methyl sites for hydroxylation is 1. The molecule has 1 aliphatic carbocycles. The molecule has 3 heterocycles. The van der Waals surface area contributed by atoms with E-state index in [4.69, 9.17) is 9.51 Å². The summed E-state index contributed by atoms with van der Waals surface area (Å²) >= 11 is 0. The van der Waals surface area contributed by atoms with Crippen molar-refractivity contribution in [2.45, 2.75) is 44.6 Å². The maximum atomic E-state index is 11.7. The van der Waals surface area contributed by atoms with Gasteiger partial charge in [-0.2, -0.15) is 4.98 Å². The summed E-state index contributed by atoms with van der Waals surface area (Å²) in [6.07, 6.45) is 4.85. The molecular weight excluding hydrogens is 308 g/mol. The summed E-state index contributed by atoms with van der Waals surface area (Å²) in [5.74, 6) is 3.22.